The first kappa shape index (κ1) is 37.2. The van der Waals surface area contributed by atoms with Crippen molar-refractivity contribution in [2.45, 2.75) is 188 Å². The molecule has 0 atom stereocenters. The van der Waals surface area contributed by atoms with Gasteiger partial charge in [-0.2, -0.15) is 0 Å². The Morgan fingerprint density at radius 1 is 0.442 bits per heavy atom. The lowest BCUT2D eigenvalue weighted by Gasteiger charge is -2.29. The fourth-order valence-corrected chi connectivity index (χ4v) is 6.95. The third-order valence-corrected chi connectivity index (χ3v) is 10.0. The van der Waals surface area contributed by atoms with Crippen LogP contribution in [0.2, 0.25) is 0 Å². The summed E-state index contributed by atoms with van der Waals surface area (Å²) in [5.41, 5.74) is 7.13. The van der Waals surface area contributed by atoms with Gasteiger partial charge in [-0.3, -0.25) is 0 Å². The summed E-state index contributed by atoms with van der Waals surface area (Å²) in [5, 5.41) is 22.3. The van der Waals surface area contributed by atoms with E-state index in [1.807, 2.05) is 12.1 Å². The first-order valence-electron chi connectivity index (χ1n) is 18.2. The second-order valence-corrected chi connectivity index (χ2v) is 14.7. The number of aromatic hydroxyl groups is 2. The Balaban J connectivity index is 2.24. The standard InChI is InChI=1S/C41H68O2/c1-9-13-15-17-19-21-23-25-40(5,6)36-28-34(32(11-3)30-38(36)42)27-35-29-37(39(43)31-33(35)12-4)41(7,8)26-24-22-20-18-16-14-10-2/h28-31,42-43H,9-27H2,1-8H3. The van der Waals surface area contributed by atoms with Crippen LogP contribution in [0, 0.1) is 0 Å². The number of benzene rings is 2. The molecular formula is C41H68O2. The largest absolute Gasteiger partial charge is 0.508 e. The second-order valence-electron chi connectivity index (χ2n) is 14.7. The van der Waals surface area contributed by atoms with E-state index in [9.17, 15) is 10.2 Å². The summed E-state index contributed by atoms with van der Waals surface area (Å²) in [6.07, 6.45) is 23.1. The van der Waals surface area contributed by atoms with Crippen molar-refractivity contribution in [1.82, 2.24) is 0 Å². The lowest BCUT2D eigenvalue weighted by atomic mass is 9.76. The molecule has 0 aliphatic carbocycles. The normalized spacial score (nSPS) is 12.3. The molecule has 0 spiro atoms. The van der Waals surface area contributed by atoms with E-state index >= 15 is 0 Å². The van der Waals surface area contributed by atoms with Crippen molar-refractivity contribution in [3.8, 4) is 11.5 Å². The van der Waals surface area contributed by atoms with Crippen LogP contribution >= 0.6 is 0 Å². The quantitative estimate of drug-likeness (QED) is 0.133. The van der Waals surface area contributed by atoms with Gasteiger partial charge in [0.1, 0.15) is 11.5 Å². The zero-order valence-corrected chi connectivity index (χ0v) is 29.6. The molecule has 244 valence electrons. The van der Waals surface area contributed by atoms with Crippen LogP contribution in [-0.4, -0.2) is 10.2 Å². The van der Waals surface area contributed by atoms with E-state index in [-0.39, 0.29) is 10.8 Å². The van der Waals surface area contributed by atoms with Crippen LogP contribution in [0.25, 0.3) is 0 Å². The summed E-state index contributed by atoms with van der Waals surface area (Å²) in [7, 11) is 0. The minimum absolute atomic E-state index is 0.0687. The molecule has 0 fully saturated rings. The molecule has 0 aromatic heterocycles. The molecule has 0 aliphatic rings. The smallest absolute Gasteiger partial charge is 0.119 e. The lowest BCUT2D eigenvalue weighted by molar-refractivity contribution is 0.404. The molecule has 0 amide bonds. The molecule has 0 bridgehead atoms. The maximum atomic E-state index is 11.2. The van der Waals surface area contributed by atoms with E-state index < -0.39 is 0 Å². The number of hydrogen-bond acceptors (Lipinski definition) is 2. The highest BCUT2D eigenvalue weighted by Crippen LogP contribution is 2.40. The van der Waals surface area contributed by atoms with Gasteiger partial charge in [-0.25, -0.2) is 0 Å². The molecule has 2 heteroatoms. The molecule has 0 saturated heterocycles. The number of phenolic OH excluding ortho intramolecular Hbond substituents is 2. The molecule has 43 heavy (non-hydrogen) atoms. The number of unbranched alkanes of at least 4 members (excludes halogenated alkanes) is 12. The lowest BCUT2D eigenvalue weighted by Crippen LogP contribution is -2.19. The van der Waals surface area contributed by atoms with Gasteiger partial charge in [0.2, 0.25) is 0 Å². The van der Waals surface area contributed by atoms with Crippen LogP contribution in [0.4, 0.5) is 0 Å². The van der Waals surface area contributed by atoms with E-state index in [0.717, 1.165) is 43.2 Å². The predicted octanol–water partition coefficient (Wildman–Crippen LogP) is 12.6. The Bertz CT molecular complexity index is 992. The van der Waals surface area contributed by atoms with Gasteiger partial charge in [0.05, 0.1) is 0 Å². The van der Waals surface area contributed by atoms with Crippen LogP contribution in [0.1, 0.15) is 192 Å². The molecule has 0 heterocycles. The number of phenols is 2. The topological polar surface area (TPSA) is 40.5 Å². The van der Waals surface area contributed by atoms with E-state index in [2.05, 4.69) is 67.5 Å². The summed E-state index contributed by atoms with van der Waals surface area (Å²) in [5.74, 6) is 0.901. The summed E-state index contributed by atoms with van der Waals surface area (Å²) in [6.45, 7) is 18.1. The SMILES string of the molecule is CCCCCCCCCC(C)(C)c1cc(Cc2cc(C(C)(C)CCCCCCCCC)c(O)cc2CC)c(CC)cc1O. The summed E-state index contributed by atoms with van der Waals surface area (Å²) in [4.78, 5) is 0. The van der Waals surface area contributed by atoms with Gasteiger partial charge >= 0.3 is 0 Å². The highest BCUT2D eigenvalue weighted by Gasteiger charge is 2.27. The van der Waals surface area contributed by atoms with Crippen molar-refractivity contribution in [2.75, 3.05) is 0 Å². The average molecular weight is 593 g/mol. The monoisotopic (exact) mass is 593 g/mol. The van der Waals surface area contributed by atoms with Gasteiger partial charge in [0, 0.05) is 0 Å². The van der Waals surface area contributed by atoms with E-state index in [1.165, 1.54) is 112 Å². The summed E-state index contributed by atoms with van der Waals surface area (Å²) >= 11 is 0. The van der Waals surface area contributed by atoms with Crippen LogP contribution in [0.3, 0.4) is 0 Å². The number of aryl methyl sites for hydroxylation is 2. The Kier molecular flexibility index (Phi) is 16.2. The molecule has 0 saturated carbocycles. The zero-order valence-electron chi connectivity index (χ0n) is 29.6. The molecule has 2 nitrogen and oxygen atoms in total. The molecule has 0 radical (unpaired) electrons. The Labute approximate surface area is 267 Å². The van der Waals surface area contributed by atoms with Gasteiger partial charge in [-0.1, -0.05) is 157 Å². The van der Waals surface area contributed by atoms with Crippen molar-refractivity contribution in [3.63, 3.8) is 0 Å². The Hall–Kier alpha value is -1.96. The zero-order chi connectivity index (χ0) is 31.9. The van der Waals surface area contributed by atoms with Crippen molar-refractivity contribution in [3.05, 3.63) is 57.6 Å². The first-order valence-corrected chi connectivity index (χ1v) is 18.2. The maximum absolute atomic E-state index is 11.2. The van der Waals surface area contributed by atoms with Crippen molar-refractivity contribution < 1.29 is 10.2 Å². The van der Waals surface area contributed by atoms with E-state index in [4.69, 9.17) is 0 Å². The van der Waals surface area contributed by atoms with E-state index in [0.29, 0.717) is 11.5 Å². The van der Waals surface area contributed by atoms with Gasteiger partial charge in [0.15, 0.2) is 0 Å². The van der Waals surface area contributed by atoms with Crippen molar-refractivity contribution in [2.24, 2.45) is 0 Å². The second kappa shape index (κ2) is 18.8. The molecule has 2 aromatic carbocycles. The summed E-state index contributed by atoms with van der Waals surface area (Å²) in [6, 6.07) is 8.69. The van der Waals surface area contributed by atoms with Crippen LogP contribution in [0.15, 0.2) is 24.3 Å². The minimum atomic E-state index is -0.0687. The molecule has 2 N–H and O–H groups in total. The van der Waals surface area contributed by atoms with Gasteiger partial charge in [-0.15, -0.1) is 0 Å². The van der Waals surface area contributed by atoms with Crippen molar-refractivity contribution >= 4 is 0 Å². The molecular weight excluding hydrogens is 524 g/mol. The first-order chi connectivity index (χ1) is 20.5. The third kappa shape index (κ3) is 11.8. The van der Waals surface area contributed by atoms with Gasteiger partial charge in [0.25, 0.3) is 0 Å². The van der Waals surface area contributed by atoms with Gasteiger partial charge < -0.3 is 10.2 Å². The predicted molar refractivity (Wildman–Crippen MR) is 189 cm³/mol. The molecule has 2 rings (SSSR count). The maximum Gasteiger partial charge on any atom is 0.119 e. The fraction of sp³-hybridized carbons (Fsp3) is 0.707. The van der Waals surface area contributed by atoms with Crippen LogP contribution in [0.5, 0.6) is 11.5 Å². The van der Waals surface area contributed by atoms with Gasteiger partial charge in [-0.05, 0) is 88.4 Å². The molecule has 0 aliphatic heterocycles. The Morgan fingerprint density at radius 3 is 1.09 bits per heavy atom. The highest BCUT2D eigenvalue weighted by molar-refractivity contribution is 5.51. The highest BCUT2D eigenvalue weighted by atomic mass is 16.3. The van der Waals surface area contributed by atoms with E-state index in [1.54, 1.807) is 0 Å². The number of rotatable bonds is 22. The average Bonchev–Trinajstić information content (AvgIpc) is 2.97. The summed E-state index contributed by atoms with van der Waals surface area (Å²) < 4.78 is 0. The van der Waals surface area contributed by atoms with Crippen LogP contribution < -0.4 is 0 Å². The van der Waals surface area contributed by atoms with Crippen molar-refractivity contribution in [1.29, 1.82) is 0 Å². The van der Waals surface area contributed by atoms with Crippen LogP contribution in [-0.2, 0) is 30.1 Å². The Morgan fingerprint density at radius 2 is 0.767 bits per heavy atom. The third-order valence-electron chi connectivity index (χ3n) is 10.0. The molecule has 0 unspecified atom stereocenters. The molecule has 2 aromatic rings. The fourth-order valence-electron chi connectivity index (χ4n) is 6.95. The number of hydrogen-bond donors (Lipinski definition) is 2. The minimum Gasteiger partial charge on any atom is -0.508 e.